The number of hydrogen-bond donors (Lipinski definition) is 1. The first-order valence-corrected chi connectivity index (χ1v) is 7.74. The maximum absolute atomic E-state index is 12.2. The van der Waals surface area contributed by atoms with E-state index in [0.29, 0.717) is 17.2 Å². The molecular weight excluding hydrogens is 284 g/mol. The highest BCUT2D eigenvalue weighted by Gasteiger charge is 2.40. The lowest BCUT2D eigenvalue weighted by Gasteiger charge is -2.13. The smallest absolute Gasteiger partial charge is 0.309 e. The second-order valence-electron chi connectivity index (χ2n) is 6.15. The zero-order valence-electron chi connectivity index (χ0n) is 12.6. The lowest BCUT2D eigenvalue weighted by molar-refractivity contribution is -0.144. The Bertz CT molecular complexity index is 601. The summed E-state index contributed by atoms with van der Waals surface area (Å²) in [6.07, 6.45) is 4.38. The third-order valence-corrected chi connectivity index (χ3v) is 4.39. The number of nitrogens with one attached hydrogen (secondary N) is 1. The summed E-state index contributed by atoms with van der Waals surface area (Å²) in [5, 5.41) is 0. The minimum Gasteiger partial charge on any atom is -0.457 e. The molecule has 2 atom stereocenters. The molecule has 0 aromatic carbocycles. The molecule has 1 amide bonds. The van der Waals surface area contributed by atoms with Crippen LogP contribution in [0.2, 0.25) is 0 Å². The van der Waals surface area contributed by atoms with Crippen LogP contribution in [0.25, 0.3) is 0 Å². The van der Waals surface area contributed by atoms with Crippen LogP contribution in [0.4, 0.5) is 0 Å². The van der Waals surface area contributed by atoms with Crippen LogP contribution in [0.15, 0.2) is 12.3 Å². The lowest BCUT2D eigenvalue weighted by atomic mass is 10.2. The number of carbonyl (C=O) groups is 3. The summed E-state index contributed by atoms with van der Waals surface area (Å²) >= 11 is 0. The highest BCUT2D eigenvalue weighted by Crippen LogP contribution is 2.38. The Hall–Kier alpha value is -2.11. The van der Waals surface area contributed by atoms with Gasteiger partial charge in [-0.05, 0) is 31.2 Å². The van der Waals surface area contributed by atoms with E-state index in [1.807, 2.05) is 6.92 Å². The van der Waals surface area contributed by atoms with E-state index in [2.05, 4.69) is 4.98 Å². The summed E-state index contributed by atoms with van der Waals surface area (Å²) in [5.74, 6) is -0.366. The summed E-state index contributed by atoms with van der Waals surface area (Å²) in [6, 6.07) is 1.54. The fraction of sp³-hybridized carbons (Fsp3) is 0.562. The molecule has 0 unspecified atom stereocenters. The molecule has 22 heavy (non-hydrogen) atoms. The van der Waals surface area contributed by atoms with Gasteiger partial charge in [-0.25, -0.2) is 0 Å². The molecule has 1 saturated heterocycles. The largest absolute Gasteiger partial charge is 0.457 e. The molecule has 2 heterocycles. The number of Topliss-reactive ketones (excluding diaryl/α,β-unsaturated/α-hetero) is 1. The van der Waals surface area contributed by atoms with E-state index in [9.17, 15) is 14.4 Å². The second-order valence-corrected chi connectivity index (χ2v) is 6.15. The molecule has 6 nitrogen and oxygen atoms in total. The predicted molar refractivity (Wildman–Crippen MR) is 78.5 cm³/mol. The van der Waals surface area contributed by atoms with Gasteiger partial charge in [0.15, 0.2) is 6.61 Å². The van der Waals surface area contributed by atoms with Crippen molar-refractivity contribution < 1.29 is 19.1 Å². The molecule has 6 heteroatoms. The van der Waals surface area contributed by atoms with E-state index >= 15 is 0 Å². The monoisotopic (exact) mass is 304 g/mol. The SMILES string of the molecule is C[C@H]1C[C@H]1C(=O)OCC(=O)c1c[nH]c(C(=O)N2CCCC2)c1. The van der Waals surface area contributed by atoms with E-state index in [0.717, 1.165) is 32.4 Å². The number of aromatic nitrogens is 1. The number of amides is 1. The molecule has 1 saturated carbocycles. The standard InChI is InChI=1S/C16H20N2O4/c1-10-6-12(10)16(21)22-9-14(19)11-7-13(17-8-11)15(20)18-4-2-3-5-18/h7-8,10,12,17H,2-6,9H2,1H3/t10-,12+/m0/s1. The zero-order valence-corrected chi connectivity index (χ0v) is 12.6. The normalized spacial score (nSPS) is 23.4. The maximum Gasteiger partial charge on any atom is 0.309 e. The minimum atomic E-state index is -0.301. The van der Waals surface area contributed by atoms with Crippen molar-refractivity contribution in [2.24, 2.45) is 11.8 Å². The van der Waals surface area contributed by atoms with Gasteiger partial charge in [0.1, 0.15) is 5.69 Å². The van der Waals surface area contributed by atoms with Gasteiger partial charge >= 0.3 is 5.97 Å². The molecular formula is C16H20N2O4. The van der Waals surface area contributed by atoms with Crippen molar-refractivity contribution in [2.75, 3.05) is 19.7 Å². The van der Waals surface area contributed by atoms with Gasteiger partial charge in [0, 0.05) is 24.8 Å². The molecule has 2 aliphatic rings. The number of nitrogens with zero attached hydrogens (tertiary/aromatic N) is 1. The highest BCUT2D eigenvalue weighted by atomic mass is 16.5. The van der Waals surface area contributed by atoms with Crippen molar-refractivity contribution in [3.05, 3.63) is 23.5 Å². The highest BCUT2D eigenvalue weighted by molar-refractivity contribution is 6.01. The number of ketones is 1. The van der Waals surface area contributed by atoms with Crippen molar-refractivity contribution in [1.82, 2.24) is 9.88 Å². The number of hydrogen-bond acceptors (Lipinski definition) is 4. The van der Waals surface area contributed by atoms with Crippen molar-refractivity contribution in [1.29, 1.82) is 0 Å². The third-order valence-electron chi connectivity index (χ3n) is 4.39. The fourth-order valence-corrected chi connectivity index (χ4v) is 2.75. The Morgan fingerprint density at radius 3 is 2.64 bits per heavy atom. The van der Waals surface area contributed by atoms with Gasteiger partial charge < -0.3 is 14.6 Å². The number of H-pyrrole nitrogens is 1. The van der Waals surface area contributed by atoms with Crippen LogP contribution in [-0.2, 0) is 9.53 Å². The van der Waals surface area contributed by atoms with Crippen LogP contribution < -0.4 is 0 Å². The topological polar surface area (TPSA) is 79.5 Å². The van der Waals surface area contributed by atoms with Gasteiger partial charge in [-0.1, -0.05) is 6.92 Å². The number of likely N-dealkylation sites (tertiary alicyclic amines) is 1. The zero-order chi connectivity index (χ0) is 15.7. The maximum atomic E-state index is 12.2. The van der Waals surface area contributed by atoms with E-state index < -0.39 is 0 Å². The first-order valence-electron chi connectivity index (χ1n) is 7.74. The van der Waals surface area contributed by atoms with E-state index in [-0.39, 0.29) is 30.2 Å². The number of esters is 1. The molecule has 0 bridgehead atoms. The fourth-order valence-electron chi connectivity index (χ4n) is 2.75. The molecule has 2 fully saturated rings. The summed E-state index contributed by atoms with van der Waals surface area (Å²) in [5.41, 5.74) is 0.784. The molecule has 0 spiro atoms. The molecule has 3 rings (SSSR count). The van der Waals surface area contributed by atoms with E-state index in [1.165, 1.54) is 12.3 Å². The quantitative estimate of drug-likeness (QED) is 0.662. The average molecular weight is 304 g/mol. The average Bonchev–Trinajstić information content (AvgIpc) is 2.97. The predicted octanol–water partition coefficient (Wildman–Crippen LogP) is 1.63. The van der Waals surface area contributed by atoms with Gasteiger partial charge in [-0.3, -0.25) is 14.4 Å². The van der Waals surface area contributed by atoms with Crippen LogP contribution in [-0.4, -0.2) is 47.2 Å². The van der Waals surface area contributed by atoms with Crippen molar-refractivity contribution in [3.63, 3.8) is 0 Å². The van der Waals surface area contributed by atoms with Gasteiger partial charge in [0.25, 0.3) is 5.91 Å². The minimum absolute atomic E-state index is 0.0497. The summed E-state index contributed by atoms with van der Waals surface area (Å²) in [7, 11) is 0. The molecule has 0 radical (unpaired) electrons. The number of aromatic amines is 1. The Morgan fingerprint density at radius 2 is 2.00 bits per heavy atom. The van der Waals surface area contributed by atoms with E-state index in [4.69, 9.17) is 4.74 Å². The van der Waals surface area contributed by atoms with Crippen LogP contribution in [0.1, 0.15) is 47.0 Å². The van der Waals surface area contributed by atoms with Crippen molar-refractivity contribution >= 4 is 17.7 Å². The first kappa shape index (κ1) is 14.8. The Morgan fingerprint density at radius 1 is 1.32 bits per heavy atom. The van der Waals surface area contributed by atoms with Gasteiger partial charge in [-0.15, -0.1) is 0 Å². The van der Waals surface area contributed by atoms with Crippen molar-refractivity contribution in [3.8, 4) is 0 Å². The Kier molecular flexibility index (Phi) is 4.00. The number of rotatable bonds is 5. The molecule has 1 N–H and O–H groups in total. The molecule has 118 valence electrons. The number of ether oxygens (including phenoxy) is 1. The Labute approximate surface area is 128 Å². The third kappa shape index (κ3) is 3.05. The van der Waals surface area contributed by atoms with Gasteiger partial charge in [0.2, 0.25) is 5.78 Å². The second kappa shape index (κ2) is 5.94. The van der Waals surface area contributed by atoms with Gasteiger partial charge in [-0.2, -0.15) is 0 Å². The lowest BCUT2D eigenvalue weighted by Crippen LogP contribution is -2.27. The van der Waals surface area contributed by atoms with E-state index in [1.54, 1.807) is 4.90 Å². The molecule has 1 aliphatic heterocycles. The summed E-state index contributed by atoms with van der Waals surface area (Å²) < 4.78 is 5.02. The van der Waals surface area contributed by atoms with Crippen molar-refractivity contribution in [2.45, 2.75) is 26.2 Å². The van der Waals surface area contributed by atoms with Crippen LogP contribution in [0.5, 0.6) is 0 Å². The molecule has 1 aromatic rings. The summed E-state index contributed by atoms with van der Waals surface area (Å²) in [4.78, 5) is 40.4. The first-order chi connectivity index (χ1) is 10.6. The van der Waals surface area contributed by atoms with Crippen LogP contribution in [0, 0.1) is 11.8 Å². The van der Waals surface area contributed by atoms with Crippen LogP contribution >= 0.6 is 0 Å². The Balaban J connectivity index is 1.54. The van der Waals surface area contributed by atoms with Gasteiger partial charge in [0.05, 0.1) is 5.92 Å². The summed E-state index contributed by atoms with van der Waals surface area (Å²) in [6.45, 7) is 3.24. The van der Waals surface area contributed by atoms with Crippen LogP contribution in [0.3, 0.4) is 0 Å². The molecule has 1 aromatic heterocycles. The molecule has 1 aliphatic carbocycles. The number of carbonyl (C=O) groups excluding carboxylic acids is 3.